The van der Waals surface area contributed by atoms with Gasteiger partial charge in [-0.15, -0.1) is 0 Å². The molecule has 5 aromatic rings. The van der Waals surface area contributed by atoms with Gasteiger partial charge in [0.25, 0.3) is 5.91 Å². The maximum atomic E-state index is 13.3. The quantitative estimate of drug-likeness (QED) is 0.328. The predicted molar refractivity (Wildman–Crippen MR) is 131 cm³/mol. The highest BCUT2D eigenvalue weighted by molar-refractivity contribution is 5.92. The Kier molecular flexibility index (Phi) is 6.36. The number of amides is 1. The molecule has 0 saturated heterocycles. The Morgan fingerprint density at radius 1 is 1.06 bits per heavy atom. The van der Waals surface area contributed by atoms with Crippen LogP contribution in [-0.2, 0) is 0 Å². The van der Waals surface area contributed by atoms with E-state index in [4.69, 9.17) is 14.0 Å². The molecule has 0 spiro atoms. The number of halogens is 1. The summed E-state index contributed by atoms with van der Waals surface area (Å²) < 4.78 is 31.7. The number of carbonyl (C=O) groups excluding carboxylic acids is 1. The number of nitrogens with zero attached hydrogens (tertiary/aromatic N) is 3. The monoisotopic (exact) mass is 486 g/mol. The van der Waals surface area contributed by atoms with Crippen molar-refractivity contribution in [2.24, 2.45) is 0 Å². The highest BCUT2D eigenvalue weighted by Crippen LogP contribution is 2.30. The summed E-state index contributed by atoms with van der Waals surface area (Å²) in [6, 6.07) is 20.3. The van der Waals surface area contributed by atoms with Crippen molar-refractivity contribution < 1.29 is 23.2 Å². The molecule has 36 heavy (non-hydrogen) atoms. The van der Waals surface area contributed by atoms with E-state index in [1.165, 1.54) is 24.5 Å². The van der Waals surface area contributed by atoms with E-state index in [1.807, 2.05) is 49.4 Å². The number of methoxy groups -OCH3 is 1. The molecule has 3 aromatic carbocycles. The van der Waals surface area contributed by atoms with Gasteiger partial charge >= 0.3 is 0 Å². The highest BCUT2D eigenvalue weighted by Gasteiger charge is 2.25. The van der Waals surface area contributed by atoms with Gasteiger partial charge in [-0.2, -0.15) is 5.10 Å². The Bertz CT molecular complexity index is 1480. The summed E-state index contributed by atoms with van der Waals surface area (Å²) in [4.78, 5) is 12.6. The largest absolute Gasteiger partial charge is 0.497 e. The smallest absolute Gasteiger partial charge is 0.273 e. The molecule has 2 atom stereocenters. The normalized spacial score (nSPS) is 12.8. The number of rotatable bonds is 8. The maximum Gasteiger partial charge on any atom is 0.273 e. The Balaban J connectivity index is 1.44. The predicted octanol–water partition coefficient (Wildman–Crippen LogP) is 5.10. The first-order chi connectivity index (χ1) is 17.5. The second kappa shape index (κ2) is 9.91. The molecule has 5 rings (SSSR count). The van der Waals surface area contributed by atoms with Gasteiger partial charge in [0.15, 0.2) is 5.69 Å². The van der Waals surface area contributed by atoms with Gasteiger partial charge in [-0.25, -0.2) is 9.07 Å². The molecule has 0 aliphatic heterocycles. The lowest BCUT2D eigenvalue weighted by atomic mass is 10.0. The van der Waals surface area contributed by atoms with Crippen molar-refractivity contribution in [3.8, 4) is 17.2 Å². The lowest BCUT2D eigenvalue weighted by molar-refractivity contribution is 0.0873. The molecule has 9 heteroatoms. The van der Waals surface area contributed by atoms with Gasteiger partial charge in [-0.05, 0) is 67.1 Å². The van der Waals surface area contributed by atoms with E-state index in [0.717, 1.165) is 22.2 Å². The standard InChI is InChI=1S/C27H23FN4O4/c1-17(30-27(33)24-12-13-35-31-24)26(18-4-3-5-22(14-18)34-2)36-23-10-11-25-19(15-23)16-29-32(25)21-8-6-20(28)7-9-21/h3-17,26H,1-2H3,(H,30,33)/t17-,26-/m0/s1. The third-order valence-corrected chi connectivity index (χ3v) is 5.78. The Hall–Kier alpha value is -4.66. The second-order valence-electron chi connectivity index (χ2n) is 8.22. The molecule has 1 N–H and O–H groups in total. The molecule has 0 unspecified atom stereocenters. The van der Waals surface area contributed by atoms with E-state index in [1.54, 1.807) is 30.1 Å². The number of hydrogen-bond acceptors (Lipinski definition) is 6. The van der Waals surface area contributed by atoms with Crippen molar-refractivity contribution in [2.75, 3.05) is 7.11 Å². The third kappa shape index (κ3) is 4.76. The molecule has 0 bridgehead atoms. The van der Waals surface area contributed by atoms with E-state index >= 15 is 0 Å². The first kappa shape index (κ1) is 23.1. The van der Waals surface area contributed by atoms with Crippen LogP contribution in [0.15, 0.2) is 89.8 Å². The number of aromatic nitrogens is 3. The van der Waals surface area contributed by atoms with Crippen molar-refractivity contribution in [2.45, 2.75) is 19.1 Å². The van der Waals surface area contributed by atoms with Crippen LogP contribution in [0.3, 0.4) is 0 Å². The SMILES string of the molecule is COc1cccc([C@@H](Oc2ccc3c(cnn3-c3ccc(F)cc3)c2)[C@H](C)NC(=O)c2ccon2)c1. The molecule has 8 nitrogen and oxygen atoms in total. The van der Waals surface area contributed by atoms with Crippen LogP contribution in [0.1, 0.15) is 29.1 Å². The van der Waals surface area contributed by atoms with Crippen molar-refractivity contribution in [1.29, 1.82) is 0 Å². The number of nitrogens with one attached hydrogen (secondary N) is 1. The Morgan fingerprint density at radius 2 is 1.89 bits per heavy atom. The van der Waals surface area contributed by atoms with Crippen LogP contribution in [0.4, 0.5) is 4.39 Å². The van der Waals surface area contributed by atoms with Gasteiger partial charge in [0.05, 0.1) is 30.6 Å². The minimum Gasteiger partial charge on any atom is -0.497 e. The summed E-state index contributed by atoms with van der Waals surface area (Å²) in [7, 11) is 1.59. The van der Waals surface area contributed by atoms with Crippen molar-refractivity contribution in [1.82, 2.24) is 20.3 Å². The van der Waals surface area contributed by atoms with E-state index in [0.29, 0.717) is 11.5 Å². The van der Waals surface area contributed by atoms with Crippen molar-refractivity contribution in [3.05, 3.63) is 102 Å². The van der Waals surface area contributed by atoms with E-state index in [-0.39, 0.29) is 17.4 Å². The zero-order valence-corrected chi connectivity index (χ0v) is 19.6. The molecular formula is C27H23FN4O4. The number of fused-ring (bicyclic) bond motifs is 1. The number of hydrogen-bond donors (Lipinski definition) is 1. The van der Waals surface area contributed by atoms with Gasteiger partial charge in [-0.3, -0.25) is 4.79 Å². The molecule has 0 fully saturated rings. The maximum absolute atomic E-state index is 13.3. The van der Waals surface area contributed by atoms with Crippen LogP contribution in [-0.4, -0.2) is 34.0 Å². The van der Waals surface area contributed by atoms with Gasteiger partial charge in [-0.1, -0.05) is 17.3 Å². The molecule has 0 aliphatic carbocycles. The van der Waals surface area contributed by atoms with Gasteiger partial charge in [0, 0.05) is 11.5 Å². The number of benzene rings is 3. The molecule has 2 aromatic heterocycles. The van der Waals surface area contributed by atoms with Gasteiger partial charge in [0.2, 0.25) is 0 Å². The van der Waals surface area contributed by atoms with Gasteiger partial charge in [0.1, 0.15) is 29.7 Å². The average Bonchev–Trinajstić information content (AvgIpc) is 3.58. The zero-order chi connectivity index (χ0) is 25.1. The summed E-state index contributed by atoms with van der Waals surface area (Å²) in [5.41, 5.74) is 2.60. The molecule has 0 radical (unpaired) electrons. The lowest BCUT2D eigenvalue weighted by Gasteiger charge is -2.26. The summed E-state index contributed by atoms with van der Waals surface area (Å²) >= 11 is 0. The van der Waals surface area contributed by atoms with E-state index in [9.17, 15) is 9.18 Å². The third-order valence-electron chi connectivity index (χ3n) is 5.78. The van der Waals surface area contributed by atoms with Crippen molar-refractivity contribution >= 4 is 16.8 Å². The van der Waals surface area contributed by atoms with E-state index < -0.39 is 12.1 Å². The average molecular weight is 487 g/mol. The van der Waals surface area contributed by atoms with Gasteiger partial charge < -0.3 is 19.3 Å². The van der Waals surface area contributed by atoms with Crippen LogP contribution in [0.25, 0.3) is 16.6 Å². The Labute approximate surface area is 206 Å². The second-order valence-corrected chi connectivity index (χ2v) is 8.22. The molecule has 0 aliphatic rings. The number of carbonyl (C=O) groups is 1. The summed E-state index contributed by atoms with van der Waals surface area (Å²) in [5.74, 6) is 0.590. The lowest BCUT2D eigenvalue weighted by Crippen LogP contribution is -2.39. The summed E-state index contributed by atoms with van der Waals surface area (Å²) in [6.45, 7) is 1.85. The minimum absolute atomic E-state index is 0.181. The summed E-state index contributed by atoms with van der Waals surface area (Å²) in [5, 5.41) is 11.9. The minimum atomic E-state index is -0.541. The van der Waals surface area contributed by atoms with Crippen LogP contribution in [0.5, 0.6) is 11.5 Å². The van der Waals surface area contributed by atoms with Crippen molar-refractivity contribution in [3.63, 3.8) is 0 Å². The molecule has 1 amide bonds. The Morgan fingerprint density at radius 3 is 2.64 bits per heavy atom. The van der Waals surface area contributed by atoms with Crippen LogP contribution in [0, 0.1) is 5.82 Å². The fourth-order valence-corrected chi connectivity index (χ4v) is 3.98. The van der Waals surface area contributed by atoms with Crippen LogP contribution >= 0.6 is 0 Å². The first-order valence-electron chi connectivity index (χ1n) is 11.3. The highest BCUT2D eigenvalue weighted by atomic mass is 19.1. The molecule has 2 heterocycles. The fraction of sp³-hybridized carbons (Fsp3) is 0.148. The van der Waals surface area contributed by atoms with E-state index in [2.05, 4.69) is 15.6 Å². The first-order valence-corrected chi connectivity index (χ1v) is 11.3. The topological polar surface area (TPSA) is 91.4 Å². The zero-order valence-electron chi connectivity index (χ0n) is 19.6. The van der Waals surface area contributed by atoms with Crippen LogP contribution < -0.4 is 14.8 Å². The molecular weight excluding hydrogens is 463 g/mol. The summed E-state index contributed by atoms with van der Waals surface area (Å²) in [6.07, 6.45) is 2.53. The van der Waals surface area contributed by atoms with Crippen LogP contribution in [0.2, 0.25) is 0 Å². The fourth-order valence-electron chi connectivity index (χ4n) is 3.98. The molecule has 0 saturated carbocycles. The molecule has 182 valence electrons. The number of ether oxygens (including phenoxy) is 2.